The normalized spacial score (nSPS) is 20.8. The number of benzene rings is 2. The van der Waals surface area contributed by atoms with Crippen molar-refractivity contribution in [3.63, 3.8) is 0 Å². The van der Waals surface area contributed by atoms with Crippen molar-refractivity contribution in [1.82, 2.24) is 4.98 Å². The van der Waals surface area contributed by atoms with E-state index in [0.717, 1.165) is 33.5 Å². The van der Waals surface area contributed by atoms with Crippen LogP contribution in [0.3, 0.4) is 0 Å². The summed E-state index contributed by atoms with van der Waals surface area (Å²) >= 11 is 0. The maximum Gasteiger partial charge on any atom is 0.282 e. The molecule has 0 saturated carbocycles. The molecule has 5 rings (SSSR count). The molecule has 0 spiro atoms. The minimum Gasteiger partial charge on any atom is -0.458 e. The lowest BCUT2D eigenvalue weighted by Crippen LogP contribution is -2.27. The van der Waals surface area contributed by atoms with Crippen LogP contribution >= 0.6 is 10.6 Å². The zero-order chi connectivity index (χ0) is 22.3. The van der Waals surface area contributed by atoms with Crippen molar-refractivity contribution in [3.8, 4) is 0 Å². The number of nitrogens with one attached hydrogen (secondary N) is 1. The Morgan fingerprint density at radius 3 is 2.88 bits per heavy atom. The third kappa shape index (κ3) is 4.06. The second-order valence-corrected chi connectivity index (χ2v) is 10.4. The van der Waals surface area contributed by atoms with E-state index in [1.165, 1.54) is 0 Å². The number of fused-ring (bicyclic) bond motifs is 2. The van der Waals surface area contributed by atoms with E-state index in [2.05, 4.69) is 28.2 Å². The molecule has 1 atom stereocenters. The summed E-state index contributed by atoms with van der Waals surface area (Å²) in [4.78, 5) is 11.8. The van der Waals surface area contributed by atoms with E-state index in [1.807, 2.05) is 42.5 Å². The third-order valence-electron chi connectivity index (χ3n) is 5.86. The van der Waals surface area contributed by atoms with Gasteiger partial charge in [0.15, 0.2) is 0 Å². The van der Waals surface area contributed by atoms with Gasteiger partial charge < -0.3 is 20.7 Å². The van der Waals surface area contributed by atoms with Crippen molar-refractivity contribution in [2.24, 2.45) is 10.7 Å². The molecule has 5 N–H and O–H groups in total. The molecule has 0 aliphatic carbocycles. The predicted octanol–water partition coefficient (Wildman–Crippen LogP) is 3.80. The van der Waals surface area contributed by atoms with Gasteiger partial charge in [0.25, 0.3) is 6.02 Å². The van der Waals surface area contributed by atoms with E-state index in [9.17, 15) is 9.11 Å². The molecule has 2 aliphatic rings. The Morgan fingerprint density at radius 2 is 2.06 bits per heavy atom. The largest absolute Gasteiger partial charge is 0.458 e. The maximum atomic E-state index is 10.7. The number of hydrogen-bond acceptors (Lipinski definition) is 8. The lowest BCUT2D eigenvalue weighted by atomic mass is 10.1. The van der Waals surface area contributed by atoms with Crippen LogP contribution in [0.4, 0.5) is 11.5 Å². The highest BCUT2D eigenvalue weighted by molar-refractivity contribution is 8.24. The van der Waals surface area contributed by atoms with Gasteiger partial charge in [0, 0.05) is 30.2 Å². The van der Waals surface area contributed by atoms with Crippen LogP contribution < -0.4 is 16.0 Å². The van der Waals surface area contributed by atoms with Gasteiger partial charge in [-0.3, -0.25) is 9.11 Å². The Morgan fingerprint density at radius 1 is 1.22 bits per heavy atom. The zero-order valence-electron chi connectivity index (χ0n) is 17.9. The summed E-state index contributed by atoms with van der Waals surface area (Å²) < 4.78 is 26.9. The second kappa shape index (κ2) is 8.16. The lowest BCUT2D eigenvalue weighted by molar-refractivity contribution is 0.234. The highest BCUT2D eigenvalue weighted by atomic mass is 32.3. The standard InChI is InChI=1S/C23H27N5O3S/c1-15-6-7-19-18(10-15)20(25-12-17-13-26-23(24)31-17)11-22(27-19)28-8-9-32(29,30)21-5-3-2-4-16(21)14-28/h2-7,10-11,17,29-30H,8-9,12-14H2,1H3,(H2,24,26)(H,25,27). The number of amidine groups is 1. The van der Waals surface area contributed by atoms with Crippen LogP contribution in [0.1, 0.15) is 11.1 Å². The first-order chi connectivity index (χ1) is 15.4. The highest BCUT2D eigenvalue weighted by Crippen LogP contribution is 2.51. The molecular weight excluding hydrogens is 426 g/mol. The van der Waals surface area contributed by atoms with Crippen LogP contribution in [0.25, 0.3) is 10.9 Å². The predicted molar refractivity (Wildman–Crippen MR) is 130 cm³/mol. The third-order valence-corrected chi connectivity index (χ3v) is 7.72. The van der Waals surface area contributed by atoms with Gasteiger partial charge in [-0.25, -0.2) is 9.98 Å². The Kier molecular flexibility index (Phi) is 5.32. The average Bonchev–Trinajstić information content (AvgIpc) is 3.14. The van der Waals surface area contributed by atoms with E-state index in [4.69, 9.17) is 15.5 Å². The summed E-state index contributed by atoms with van der Waals surface area (Å²) in [6.07, 6.45) is -0.107. The molecule has 32 heavy (non-hydrogen) atoms. The maximum absolute atomic E-state index is 10.7. The Balaban J connectivity index is 1.49. The molecule has 1 unspecified atom stereocenters. The minimum absolute atomic E-state index is 0.107. The van der Waals surface area contributed by atoms with Crippen molar-refractivity contribution in [1.29, 1.82) is 0 Å². The van der Waals surface area contributed by atoms with Crippen LogP contribution in [-0.4, -0.2) is 51.6 Å². The number of aromatic nitrogens is 1. The van der Waals surface area contributed by atoms with Crippen LogP contribution in [0.2, 0.25) is 0 Å². The van der Waals surface area contributed by atoms with Crippen molar-refractivity contribution in [2.75, 3.05) is 35.6 Å². The van der Waals surface area contributed by atoms with Crippen LogP contribution in [-0.2, 0) is 11.3 Å². The summed E-state index contributed by atoms with van der Waals surface area (Å²) in [5.74, 6) is 1.06. The lowest BCUT2D eigenvalue weighted by Gasteiger charge is -2.32. The molecule has 9 heteroatoms. The van der Waals surface area contributed by atoms with Gasteiger partial charge in [0.2, 0.25) is 0 Å². The molecule has 0 bridgehead atoms. The van der Waals surface area contributed by atoms with Gasteiger partial charge in [0.05, 0.1) is 29.3 Å². The smallest absolute Gasteiger partial charge is 0.282 e. The minimum atomic E-state index is -2.83. The molecule has 2 aliphatic heterocycles. The van der Waals surface area contributed by atoms with Crippen LogP contribution in [0, 0.1) is 6.92 Å². The monoisotopic (exact) mass is 453 g/mol. The van der Waals surface area contributed by atoms with Gasteiger partial charge in [0.1, 0.15) is 11.9 Å². The molecule has 1 aromatic heterocycles. The van der Waals surface area contributed by atoms with E-state index in [0.29, 0.717) is 31.1 Å². The number of ether oxygens (including phenoxy) is 1. The quantitative estimate of drug-likeness (QED) is 0.475. The van der Waals surface area contributed by atoms with Gasteiger partial charge in [-0.2, -0.15) is 10.6 Å². The number of hydrogen-bond donors (Lipinski definition) is 4. The number of aliphatic imine (C=N–C) groups is 1. The van der Waals surface area contributed by atoms with E-state index < -0.39 is 10.6 Å². The molecule has 0 radical (unpaired) electrons. The fourth-order valence-corrected chi connectivity index (χ4v) is 5.73. The SMILES string of the molecule is Cc1ccc2nc(N3CCS(O)(O)c4ccccc4C3)cc(NCC3CN=C(N)O3)c2c1. The molecule has 0 fully saturated rings. The van der Waals surface area contributed by atoms with E-state index >= 15 is 0 Å². The summed E-state index contributed by atoms with van der Waals surface area (Å²) in [5, 5.41) is 4.52. The molecular formula is C23H27N5O3S. The van der Waals surface area contributed by atoms with E-state index in [-0.39, 0.29) is 17.9 Å². The van der Waals surface area contributed by atoms with Crippen molar-refractivity contribution < 1.29 is 13.8 Å². The molecule has 3 aromatic rings. The van der Waals surface area contributed by atoms with Crippen molar-refractivity contribution in [3.05, 3.63) is 59.7 Å². The number of pyridine rings is 1. The van der Waals surface area contributed by atoms with Crippen molar-refractivity contribution >= 4 is 39.0 Å². The number of anilines is 2. The van der Waals surface area contributed by atoms with Crippen LogP contribution in [0.5, 0.6) is 0 Å². The van der Waals surface area contributed by atoms with Gasteiger partial charge in [-0.15, -0.1) is 0 Å². The molecule has 8 nitrogen and oxygen atoms in total. The average molecular weight is 454 g/mol. The fraction of sp³-hybridized carbons (Fsp3) is 0.304. The van der Waals surface area contributed by atoms with Gasteiger partial charge in [-0.1, -0.05) is 29.8 Å². The molecule has 168 valence electrons. The Bertz CT molecular complexity index is 1200. The second-order valence-electron chi connectivity index (χ2n) is 8.25. The van der Waals surface area contributed by atoms with Crippen molar-refractivity contribution in [2.45, 2.75) is 24.5 Å². The first-order valence-electron chi connectivity index (χ1n) is 10.6. The summed E-state index contributed by atoms with van der Waals surface area (Å²) in [6.45, 7) is 4.22. The van der Waals surface area contributed by atoms with Gasteiger partial charge in [-0.05, 0) is 30.7 Å². The topological polar surface area (TPSA) is 116 Å². The summed E-state index contributed by atoms with van der Waals surface area (Å²) in [5.41, 5.74) is 9.54. The fourth-order valence-electron chi connectivity index (χ4n) is 4.18. The molecule has 2 aromatic carbocycles. The number of rotatable bonds is 4. The Labute approximate surface area is 188 Å². The molecule has 0 amide bonds. The van der Waals surface area contributed by atoms with Gasteiger partial charge >= 0.3 is 0 Å². The first kappa shape index (κ1) is 20.9. The zero-order valence-corrected chi connectivity index (χ0v) is 18.7. The summed E-state index contributed by atoms with van der Waals surface area (Å²) in [7, 11) is -2.83. The molecule has 3 heterocycles. The molecule has 0 saturated heterocycles. The Hall–Kier alpha value is -3.01. The van der Waals surface area contributed by atoms with Crippen LogP contribution in [0.15, 0.2) is 58.4 Å². The summed E-state index contributed by atoms with van der Waals surface area (Å²) in [6, 6.07) is 16.0. The van der Waals surface area contributed by atoms with E-state index in [1.54, 1.807) is 0 Å². The number of nitrogens with zero attached hydrogens (tertiary/aromatic N) is 3. The first-order valence-corrected chi connectivity index (χ1v) is 12.3. The number of nitrogens with two attached hydrogens (primary N) is 1. The number of aryl methyl sites for hydroxylation is 1. The highest BCUT2D eigenvalue weighted by Gasteiger charge is 2.27.